The Labute approximate surface area is 145 Å². The third-order valence-corrected chi connectivity index (χ3v) is 4.64. The Bertz CT molecular complexity index is 752. The SMILES string of the molecule is CCCC(OC(CCC)c1ccc(F)c2c1O2)c1ccc(F)c2c1O2. The molecule has 0 saturated carbocycles. The third-order valence-electron chi connectivity index (χ3n) is 4.64. The lowest BCUT2D eigenvalue weighted by atomic mass is 10.0. The number of hydrogen-bond acceptors (Lipinski definition) is 3. The lowest BCUT2D eigenvalue weighted by molar-refractivity contribution is -0.0249. The van der Waals surface area contributed by atoms with Crippen LogP contribution < -0.4 is 9.47 Å². The molecular formula is C20H20F2O3. The highest BCUT2D eigenvalue weighted by Gasteiger charge is 2.36. The molecule has 2 aromatic rings. The molecule has 2 heterocycles. The number of halogens is 2. The summed E-state index contributed by atoms with van der Waals surface area (Å²) >= 11 is 0. The minimum absolute atomic E-state index is 0.196. The van der Waals surface area contributed by atoms with E-state index in [4.69, 9.17) is 14.2 Å². The van der Waals surface area contributed by atoms with E-state index in [0.717, 1.165) is 36.8 Å². The van der Waals surface area contributed by atoms with Crippen molar-refractivity contribution in [1.29, 1.82) is 0 Å². The molecule has 0 spiro atoms. The normalized spacial score (nSPS) is 15.5. The lowest BCUT2D eigenvalue weighted by Gasteiger charge is -2.24. The van der Waals surface area contributed by atoms with E-state index in [0.29, 0.717) is 23.0 Å². The molecule has 25 heavy (non-hydrogen) atoms. The molecule has 0 aliphatic carbocycles. The van der Waals surface area contributed by atoms with Gasteiger partial charge in [-0.3, -0.25) is 0 Å². The van der Waals surface area contributed by atoms with Crippen molar-refractivity contribution in [2.75, 3.05) is 0 Å². The van der Waals surface area contributed by atoms with E-state index >= 15 is 0 Å². The second kappa shape index (κ2) is 6.30. The standard InChI is InChI=1S/C20H20F2O3/c1-3-5-15(11-7-9-13(21)19-17(11)24-19)23-16(6-4-2)12-8-10-14(22)20-18(12)25-20/h7-10,15-16H,3-6H2,1-2H3. The molecule has 3 nitrogen and oxygen atoms in total. The van der Waals surface area contributed by atoms with Gasteiger partial charge in [0.05, 0.1) is 12.2 Å². The summed E-state index contributed by atoms with van der Waals surface area (Å²) in [5.41, 5.74) is 1.76. The molecule has 0 N–H and O–H groups in total. The second-order valence-electron chi connectivity index (χ2n) is 6.48. The Hall–Kier alpha value is -2.14. The topological polar surface area (TPSA) is 34.3 Å². The summed E-state index contributed by atoms with van der Waals surface area (Å²) in [4.78, 5) is 0. The molecule has 132 valence electrons. The Morgan fingerprint density at radius 1 is 0.760 bits per heavy atom. The number of ether oxygens (including phenoxy) is 3. The van der Waals surface area contributed by atoms with Crippen LogP contribution in [0.2, 0.25) is 0 Å². The zero-order chi connectivity index (χ0) is 17.6. The Kier molecular flexibility index (Phi) is 4.12. The van der Waals surface area contributed by atoms with E-state index in [1.807, 2.05) is 0 Å². The fraction of sp³-hybridized carbons (Fsp3) is 0.400. The zero-order valence-electron chi connectivity index (χ0n) is 14.3. The average Bonchev–Trinajstić information content (AvgIpc) is 3.47. The fourth-order valence-corrected chi connectivity index (χ4v) is 3.30. The van der Waals surface area contributed by atoms with Crippen molar-refractivity contribution in [3.8, 4) is 23.0 Å². The molecule has 2 unspecified atom stereocenters. The number of hydrogen-bond donors (Lipinski definition) is 0. The van der Waals surface area contributed by atoms with Gasteiger partial charge < -0.3 is 14.2 Å². The summed E-state index contributed by atoms with van der Waals surface area (Å²) in [6, 6.07) is 6.31. The third kappa shape index (κ3) is 2.97. The summed E-state index contributed by atoms with van der Waals surface area (Å²) in [6.45, 7) is 4.16. The summed E-state index contributed by atoms with van der Waals surface area (Å²) in [7, 11) is 0. The molecule has 0 fully saturated rings. The first-order chi connectivity index (χ1) is 12.1. The first-order valence-electron chi connectivity index (χ1n) is 8.80. The van der Waals surface area contributed by atoms with E-state index in [1.165, 1.54) is 12.1 Å². The van der Waals surface area contributed by atoms with Crippen LogP contribution in [0.1, 0.15) is 62.9 Å². The molecule has 0 amide bonds. The van der Waals surface area contributed by atoms with Crippen LogP contribution in [0.25, 0.3) is 0 Å². The van der Waals surface area contributed by atoms with Gasteiger partial charge >= 0.3 is 0 Å². The minimum Gasteiger partial charge on any atom is -0.446 e. The van der Waals surface area contributed by atoms with Crippen molar-refractivity contribution in [1.82, 2.24) is 0 Å². The van der Waals surface area contributed by atoms with E-state index in [2.05, 4.69) is 13.8 Å². The minimum atomic E-state index is -0.337. The van der Waals surface area contributed by atoms with Crippen LogP contribution in [-0.4, -0.2) is 0 Å². The summed E-state index contributed by atoms with van der Waals surface area (Å²) in [5.74, 6) is 1.17. The smallest absolute Gasteiger partial charge is 0.206 e. The molecule has 0 aromatic heterocycles. The highest BCUT2D eigenvalue weighted by Crippen LogP contribution is 2.56. The van der Waals surface area contributed by atoms with Crippen LogP contribution >= 0.6 is 0 Å². The molecule has 0 saturated heterocycles. The van der Waals surface area contributed by atoms with Gasteiger partial charge in [0, 0.05) is 11.1 Å². The van der Waals surface area contributed by atoms with Crippen LogP contribution in [0, 0.1) is 11.6 Å². The zero-order valence-corrected chi connectivity index (χ0v) is 14.3. The molecule has 2 aromatic carbocycles. The molecule has 2 atom stereocenters. The quantitative estimate of drug-likeness (QED) is 0.338. The van der Waals surface area contributed by atoms with E-state index < -0.39 is 0 Å². The van der Waals surface area contributed by atoms with Crippen molar-refractivity contribution in [3.63, 3.8) is 0 Å². The fourth-order valence-electron chi connectivity index (χ4n) is 3.30. The van der Waals surface area contributed by atoms with Gasteiger partial charge in [0.25, 0.3) is 0 Å². The van der Waals surface area contributed by atoms with Crippen LogP contribution in [0.4, 0.5) is 8.78 Å². The molecular weight excluding hydrogens is 326 g/mol. The molecule has 0 radical (unpaired) electrons. The van der Waals surface area contributed by atoms with E-state index in [9.17, 15) is 8.78 Å². The lowest BCUT2D eigenvalue weighted by Crippen LogP contribution is -2.10. The monoisotopic (exact) mass is 346 g/mol. The van der Waals surface area contributed by atoms with Crippen molar-refractivity contribution in [3.05, 3.63) is 47.0 Å². The van der Waals surface area contributed by atoms with E-state index in [-0.39, 0.29) is 23.8 Å². The van der Waals surface area contributed by atoms with Gasteiger partial charge in [0.1, 0.15) is 0 Å². The van der Waals surface area contributed by atoms with Crippen LogP contribution in [0.3, 0.4) is 0 Å². The average molecular weight is 346 g/mol. The molecule has 0 bridgehead atoms. The van der Waals surface area contributed by atoms with Gasteiger partial charge in [-0.2, -0.15) is 0 Å². The van der Waals surface area contributed by atoms with Crippen molar-refractivity contribution in [2.24, 2.45) is 0 Å². The maximum Gasteiger partial charge on any atom is 0.206 e. The molecule has 2 aliphatic rings. The van der Waals surface area contributed by atoms with Gasteiger partial charge in [-0.15, -0.1) is 0 Å². The van der Waals surface area contributed by atoms with Gasteiger partial charge in [-0.25, -0.2) is 8.78 Å². The van der Waals surface area contributed by atoms with Gasteiger partial charge in [0.2, 0.25) is 11.5 Å². The predicted molar refractivity (Wildman–Crippen MR) is 89.3 cm³/mol. The van der Waals surface area contributed by atoms with Gasteiger partial charge in [-0.1, -0.05) is 26.7 Å². The summed E-state index contributed by atoms with van der Waals surface area (Å²) in [5, 5.41) is 0. The largest absolute Gasteiger partial charge is 0.446 e. The van der Waals surface area contributed by atoms with Crippen LogP contribution in [-0.2, 0) is 4.74 Å². The highest BCUT2D eigenvalue weighted by molar-refractivity contribution is 5.62. The summed E-state index contributed by atoms with van der Waals surface area (Å²) in [6.07, 6.45) is 3.05. The van der Waals surface area contributed by atoms with Crippen molar-refractivity contribution < 1.29 is 23.0 Å². The maximum absolute atomic E-state index is 13.5. The van der Waals surface area contributed by atoms with Crippen LogP contribution in [0.5, 0.6) is 23.0 Å². The number of rotatable bonds is 8. The molecule has 5 heteroatoms. The molecule has 4 rings (SSSR count). The van der Waals surface area contributed by atoms with Gasteiger partial charge in [-0.05, 0) is 37.1 Å². The number of fused-ring (bicyclic) bond motifs is 2. The Balaban J connectivity index is 1.61. The Morgan fingerprint density at radius 2 is 1.20 bits per heavy atom. The number of benzene rings is 2. The maximum atomic E-state index is 13.5. The van der Waals surface area contributed by atoms with Gasteiger partial charge in [0.15, 0.2) is 23.1 Å². The first kappa shape index (κ1) is 16.3. The first-order valence-corrected chi connectivity index (χ1v) is 8.80. The van der Waals surface area contributed by atoms with Crippen molar-refractivity contribution in [2.45, 2.75) is 51.7 Å². The highest BCUT2D eigenvalue weighted by atomic mass is 19.1. The van der Waals surface area contributed by atoms with Crippen molar-refractivity contribution >= 4 is 0 Å². The second-order valence-corrected chi connectivity index (χ2v) is 6.48. The Morgan fingerprint density at radius 3 is 1.60 bits per heavy atom. The van der Waals surface area contributed by atoms with Crippen LogP contribution in [0.15, 0.2) is 24.3 Å². The molecule has 2 aliphatic heterocycles. The summed E-state index contributed by atoms with van der Waals surface area (Å²) < 4.78 is 44.1. The predicted octanol–water partition coefficient (Wildman–Crippen LogP) is 6.58. The van der Waals surface area contributed by atoms with E-state index in [1.54, 1.807) is 12.1 Å².